The van der Waals surface area contributed by atoms with Crippen LogP contribution in [-0.2, 0) is 22.4 Å². The maximum absolute atomic E-state index is 12.1. The van der Waals surface area contributed by atoms with Gasteiger partial charge in [0.15, 0.2) is 0 Å². The smallest absolute Gasteiger partial charge is 0.307 e. The third kappa shape index (κ3) is 6.54. The number of ether oxygens (including phenoxy) is 2. The van der Waals surface area contributed by atoms with Gasteiger partial charge in [0.2, 0.25) is 5.88 Å². The number of hydrogen-bond acceptors (Lipinski definition) is 7. The summed E-state index contributed by atoms with van der Waals surface area (Å²) in [5.74, 6) is 1.09. The lowest BCUT2D eigenvalue weighted by Gasteiger charge is -2.15. The molecule has 1 aromatic carbocycles. The summed E-state index contributed by atoms with van der Waals surface area (Å²) < 4.78 is 11.6. The minimum absolute atomic E-state index is 0.0707. The highest BCUT2D eigenvalue weighted by Gasteiger charge is 2.20. The Morgan fingerprint density at radius 1 is 1.14 bits per heavy atom. The summed E-state index contributed by atoms with van der Waals surface area (Å²) >= 11 is 0. The Kier molecular flexibility index (Phi) is 7.57. The molecule has 0 bridgehead atoms. The van der Waals surface area contributed by atoms with Crippen LogP contribution in [0, 0.1) is 5.92 Å². The van der Waals surface area contributed by atoms with Crippen molar-refractivity contribution < 1.29 is 24.2 Å². The predicted octanol–water partition coefficient (Wildman–Crippen LogP) is 3.92. The van der Waals surface area contributed by atoms with Gasteiger partial charge in [-0.1, -0.05) is 6.07 Å². The van der Waals surface area contributed by atoms with Crippen LogP contribution < -0.4 is 10.1 Å². The largest absolute Gasteiger partial charge is 0.481 e. The second-order valence-electron chi connectivity index (χ2n) is 8.70. The number of hydrogen-bond donors (Lipinski definition) is 2. The fourth-order valence-corrected chi connectivity index (χ4v) is 3.82. The number of carboxylic acids is 1. The van der Waals surface area contributed by atoms with E-state index in [0.29, 0.717) is 41.1 Å². The zero-order chi connectivity index (χ0) is 24.8. The molecule has 4 rings (SSSR count). The average molecular weight is 477 g/mol. The molecule has 9 heteroatoms. The average Bonchev–Trinajstić information content (AvgIpc) is 3.35. The fourth-order valence-electron chi connectivity index (χ4n) is 3.82. The summed E-state index contributed by atoms with van der Waals surface area (Å²) in [6.45, 7) is 1.45. The van der Waals surface area contributed by atoms with Gasteiger partial charge < -0.3 is 24.8 Å². The Bertz CT molecular complexity index is 1170. The Morgan fingerprint density at radius 3 is 2.57 bits per heavy atom. The molecule has 0 spiro atoms. The number of pyridine rings is 2. The van der Waals surface area contributed by atoms with Crippen LogP contribution in [0.1, 0.15) is 27.9 Å². The number of carbonyl (C=O) groups excluding carboxylic acids is 1. The summed E-state index contributed by atoms with van der Waals surface area (Å²) in [7, 11) is 3.43. The number of nitrogens with one attached hydrogen (secondary N) is 1. The quantitative estimate of drug-likeness (QED) is 0.478. The number of aliphatic carboxylic acids is 1. The maximum Gasteiger partial charge on any atom is 0.307 e. The molecule has 3 aromatic rings. The van der Waals surface area contributed by atoms with Gasteiger partial charge in [-0.3, -0.25) is 9.59 Å². The van der Waals surface area contributed by atoms with E-state index in [4.69, 9.17) is 14.6 Å². The Morgan fingerprint density at radius 2 is 1.94 bits per heavy atom. The summed E-state index contributed by atoms with van der Waals surface area (Å²) in [4.78, 5) is 33.4. The Balaban J connectivity index is 1.52. The van der Waals surface area contributed by atoms with Gasteiger partial charge in [0, 0.05) is 44.6 Å². The van der Waals surface area contributed by atoms with E-state index < -0.39 is 5.97 Å². The maximum atomic E-state index is 12.1. The Hall–Kier alpha value is -3.98. The second kappa shape index (κ2) is 11.0. The number of aromatic nitrogens is 2. The van der Waals surface area contributed by atoms with Crippen LogP contribution in [0.3, 0.4) is 0 Å². The molecule has 9 nitrogen and oxygen atoms in total. The van der Waals surface area contributed by atoms with Gasteiger partial charge in [-0.15, -0.1) is 0 Å². The van der Waals surface area contributed by atoms with Crippen LogP contribution in [0.25, 0.3) is 0 Å². The van der Waals surface area contributed by atoms with Gasteiger partial charge in [0.05, 0.1) is 18.3 Å². The second-order valence-corrected chi connectivity index (χ2v) is 8.70. The fraction of sp³-hybridized carbons (Fsp3) is 0.308. The first kappa shape index (κ1) is 24.2. The molecule has 0 radical (unpaired) electrons. The highest BCUT2D eigenvalue weighted by atomic mass is 16.5. The SMILES string of the molecule is CN(C)C(=O)c1ccc(Oc2ncc(Nc3ccc(CC(=O)O)cn3)cc2CC2CCOC2)cc1. The normalized spacial score (nSPS) is 15.0. The minimum Gasteiger partial charge on any atom is -0.481 e. The van der Waals surface area contributed by atoms with Crippen molar-refractivity contribution in [3.05, 3.63) is 71.5 Å². The van der Waals surface area contributed by atoms with Gasteiger partial charge >= 0.3 is 5.97 Å². The lowest BCUT2D eigenvalue weighted by atomic mass is 9.99. The van der Waals surface area contributed by atoms with Gasteiger partial charge in [-0.2, -0.15) is 0 Å². The number of anilines is 2. The molecule has 2 N–H and O–H groups in total. The van der Waals surface area contributed by atoms with E-state index in [1.165, 1.54) is 4.90 Å². The summed E-state index contributed by atoms with van der Waals surface area (Å²) in [6, 6.07) is 12.4. The number of rotatable bonds is 9. The molecule has 1 amide bonds. The van der Waals surface area contributed by atoms with E-state index in [9.17, 15) is 9.59 Å². The molecular weight excluding hydrogens is 448 g/mol. The number of amides is 1. The van der Waals surface area contributed by atoms with E-state index in [1.807, 2.05) is 6.07 Å². The van der Waals surface area contributed by atoms with E-state index in [0.717, 1.165) is 30.7 Å². The minimum atomic E-state index is -0.897. The number of carbonyl (C=O) groups is 2. The zero-order valence-electron chi connectivity index (χ0n) is 19.7. The monoisotopic (exact) mass is 476 g/mol. The van der Waals surface area contributed by atoms with E-state index in [-0.39, 0.29) is 12.3 Å². The van der Waals surface area contributed by atoms with Crippen molar-refractivity contribution in [2.45, 2.75) is 19.3 Å². The first-order valence-corrected chi connectivity index (χ1v) is 11.4. The van der Waals surface area contributed by atoms with Gasteiger partial charge in [-0.25, -0.2) is 9.97 Å². The first-order valence-electron chi connectivity index (χ1n) is 11.4. The molecule has 1 aliphatic rings. The molecule has 1 fully saturated rings. The first-order chi connectivity index (χ1) is 16.9. The molecule has 2 aromatic heterocycles. The molecule has 1 unspecified atom stereocenters. The standard InChI is InChI=1S/C26H28N4O5/c1-30(2)26(33)19-4-6-22(7-5-19)35-25-20(11-18-9-10-34-16-18)13-21(15-28-25)29-23-8-3-17(14-27-23)12-24(31)32/h3-8,13-15,18H,9-12,16H2,1-2H3,(H,27,29)(H,31,32). The van der Waals surface area contributed by atoms with Crippen molar-refractivity contribution in [2.75, 3.05) is 32.6 Å². The van der Waals surface area contributed by atoms with Crippen molar-refractivity contribution in [3.63, 3.8) is 0 Å². The molecule has 3 heterocycles. The van der Waals surface area contributed by atoms with Crippen LogP contribution in [0.5, 0.6) is 11.6 Å². The van der Waals surface area contributed by atoms with E-state index in [2.05, 4.69) is 15.3 Å². The van der Waals surface area contributed by atoms with Crippen LogP contribution in [0.2, 0.25) is 0 Å². The van der Waals surface area contributed by atoms with Crippen LogP contribution in [-0.4, -0.2) is 59.2 Å². The molecule has 1 aliphatic heterocycles. The van der Waals surface area contributed by atoms with Gasteiger partial charge in [-0.05, 0) is 60.7 Å². The molecule has 1 atom stereocenters. The molecular formula is C26H28N4O5. The van der Waals surface area contributed by atoms with Crippen molar-refractivity contribution in [3.8, 4) is 11.6 Å². The number of carboxylic acid groups (broad SMARTS) is 1. The van der Waals surface area contributed by atoms with Gasteiger partial charge in [0.25, 0.3) is 5.91 Å². The number of benzene rings is 1. The molecule has 1 saturated heterocycles. The summed E-state index contributed by atoms with van der Waals surface area (Å²) in [6.07, 6.45) is 4.87. The zero-order valence-corrected chi connectivity index (χ0v) is 19.7. The molecule has 0 saturated carbocycles. The van der Waals surface area contributed by atoms with Crippen LogP contribution in [0.15, 0.2) is 54.9 Å². The van der Waals surface area contributed by atoms with Crippen molar-refractivity contribution >= 4 is 23.4 Å². The molecule has 35 heavy (non-hydrogen) atoms. The molecule has 0 aliphatic carbocycles. The van der Waals surface area contributed by atoms with Crippen molar-refractivity contribution in [2.24, 2.45) is 5.92 Å². The lowest BCUT2D eigenvalue weighted by Crippen LogP contribution is -2.21. The van der Waals surface area contributed by atoms with E-state index >= 15 is 0 Å². The van der Waals surface area contributed by atoms with Crippen molar-refractivity contribution in [1.82, 2.24) is 14.9 Å². The van der Waals surface area contributed by atoms with E-state index in [1.54, 1.807) is 62.9 Å². The van der Waals surface area contributed by atoms with Crippen LogP contribution in [0.4, 0.5) is 11.5 Å². The lowest BCUT2D eigenvalue weighted by molar-refractivity contribution is -0.136. The van der Waals surface area contributed by atoms with Gasteiger partial charge in [0.1, 0.15) is 11.6 Å². The third-order valence-electron chi connectivity index (χ3n) is 5.63. The highest BCUT2D eigenvalue weighted by Crippen LogP contribution is 2.30. The van der Waals surface area contributed by atoms with Crippen LogP contribution >= 0.6 is 0 Å². The molecule has 182 valence electrons. The Labute approximate surface area is 203 Å². The topological polar surface area (TPSA) is 114 Å². The third-order valence-corrected chi connectivity index (χ3v) is 5.63. The summed E-state index contributed by atoms with van der Waals surface area (Å²) in [5, 5.41) is 12.1. The van der Waals surface area contributed by atoms with Crippen molar-refractivity contribution in [1.29, 1.82) is 0 Å². The summed E-state index contributed by atoms with van der Waals surface area (Å²) in [5.41, 5.74) is 2.89. The number of nitrogens with zero attached hydrogens (tertiary/aromatic N) is 3. The predicted molar refractivity (Wildman–Crippen MR) is 130 cm³/mol. The highest BCUT2D eigenvalue weighted by molar-refractivity contribution is 5.93.